The number of rotatable bonds is 6. The van der Waals surface area contributed by atoms with Gasteiger partial charge in [0.05, 0.1) is 12.0 Å². The molecule has 1 aliphatic carbocycles. The summed E-state index contributed by atoms with van der Waals surface area (Å²) in [6.45, 7) is 5.60. The van der Waals surface area contributed by atoms with Gasteiger partial charge < -0.3 is 15.4 Å². The van der Waals surface area contributed by atoms with Crippen molar-refractivity contribution in [3.05, 3.63) is 0 Å². The summed E-state index contributed by atoms with van der Waals surface area (Å²) >= 11 is 0. The topological polar surface area (TPSA) is 53.6 Å². The Labute approximate surface area is 134 Å². The molecule has 2 aliphatic heterocycles. The van der Waals surface area contributed by atoms with Gasteiger partial charge in [-0.2, -0.15) is 0 Å². The van der Waals surface area contributed by atoms with E-state index in [2.05, 4.69) is 15.5 Å². The standard InChI is InChI=1S/C17H31N3O2/c1-22-10-9-20-8-4-6-15(20)12-19-16(21)17-7-3-2-5-14(17)11-18-13-17/h14-15,18H,2-13H2,1H3,(H,19,21)/t14-,15?,17+/m0/s1. The Bertz CT molecular complexity index is 390. The summed E-state index contributed by atoms with van der Waals surface area (Å²) < 4.78 is 5.19. The van der Waals surface area contributed by atoms with Gasteiger partial charge in [0.25, 0.3) is 0 Å². The molecule has 1 amide bonds. The van der Waals surface area contributed by atoms with Crippen LogP contribution in [0.15, 0.2) is 0 Å². The van der Waals surface area contributed by atoms with Gasteiger partial charge in [-0.3, -0.25) is 9.69 Å². The first kappa shape index (κ1) is 16.2. The van der Waals surface area contributed by atoms with E-state index in [-0.39, 0.29) is 5.41 Å². The Morgan fingerprint density at radius 2 is 2.27 bits per heavy atom. The summed E-state index contributed by atoms with van der Waals surface area (Å²) in [5, 5.41) is 6.76. The largest absolute Gasteiger partial charge is 0.383 e. The fourth-order valence-electron chi connectivity index (χ4n) is 4.71. The molecule has 0 spiro atoms. The highest BCUT2D eigenvalue weighted by atomic mass is 16.5. The van der Waals surface area contributed by atoms with Crippen molar-refractivity contribution in [1.82, 2.24) is 15.5 Å². The van der Waals surface area contributed by atoms with Crippen molar-refractivity contribution >= 4 is 5.91 Å². The fraction of sp³-hybridized carbons (Fsp3) is 0.941. The zero-order valence-corrected chi connectivity index (χ0v) is 13.9. The maximum absolute atomic E-state index is 12.9. The Morgan fingerprint density at radius 3 is 3.14 bits per heavy atom. The Hall–Kier alpha value is -0.650. The second-order valence-corrected chi connectivity index (χ2v) is 7.26. The van der Waals surface area contributed by atoms with Gasteiger partial charge in [0.15, 0.2) is 0 Å². The number of likely N-dealkylation sites (tertiary alicyclic amines) is 1. The highest BCUT2D eigenvalue weighted by molar-refractivity contribution is 5.84. The molecular weight excluding hydrogens is 278 g/mol. The van der Waals surface area contributed by atoms with Crippen molar-refractivity contribution in [2.45, 2.75) is 44.6 Å². The lowest BCUT2D eigenvalue weighted by molar-refractivity contribution is -0.134. The highest BCUT2D eigenvalue weighted by Gasteiger charge is 2.49. The van der Waals surface area contributed by atoms with Crippen molar-refractivity contribution in [2.75, 3.05) is 46.4 Å². The van der Waals surface area contributed by atoms with Crippen LogP contribution in [0.2, 0.25) is 0 Å². The zero-order valence-electron chi connectivity index (χ0n) is 13.9. The number of methoxy groups -OCH3 is 1. The first-order chi connectivity index (χ1) is 10.8. The predicted molar refractivity (Wildman–Crippen MR) is 86.7 cm³/mol. The molecule has 3 fully saturated rings. The molecule has 1 unspecified atom stereocenters. The molecule has 0 aromatic rings. The third-order valence-corrected chi connectivity index (χ3v) is 6.07. The molecule has 22 heavy (non-hydrogen) atoms. The minimum absolute atomic E-state index is 0.117. The summed E-state index contributed by atoms with van der Waals surface area (Å²) in [5.74, 6) is 0.857. The Balaban J connectivity index is 1.53. The average Bonchev–Trinajstić information content (AvgIpc) is 3.17. The SMILES string of the molecule is COCCN1CCCC1CNC(=O)[C@@]12CCCC[C@H]1CNC2. The van der Waals surface area contributed by atoms with E-state index in [0.717, 1.165) is 45.8 Å². The van der Waals surface area contributed by atoms with E-state index < -0.39 is 0 Å². The average molecular weight is 309 g/mol. The van der Waals surface area contributed by atoms with Crippen molar-refractivity contribution in [2.24, 2.45) is 11.3 Å². The van der Waals surface area contributed by atoms with Crippen molar-refractivity contribution in [1.29, 1.82) is 0 Å². The van der Waals surface area contributed by atoms with E-state index in [1.807, 2.05) is 0 Å². The lowest BCUT2D eigenvalue weighted by atomic mass is 9.67. The monoisotopic (exact) mass is 309 g/mol. The van der Waals surface area contributed by atoms with E-state index in [9.17, 15) is 4.79 Å². The van der Waals surface area contributed by atoms with Gasteiger partial charge in [-0.25, -0.2) is 0 Å². The van der Waals surface area contributed by atoms with Gasteiger partial charge in [-0.1, -0.05) is 12.8 Å². The molecule has 5 nitrogen and oxygen atoms in total. The summed E-state index contributed by atoms with van der Waals surface area (Å²) in [5.41, 5.74) is -0.117. The van der Waals surface area contributed by atoms with E-state index in [4.69, 9.17) is 4.74 Å². The normalized spacial score (nSPS) is 35.5. The summed E-state index contributed by atoms with van der Waals surface area (Å²) in [6.07, 6.45) is 7.19. The van der Waals surface area contributed by atoms with Gasteiger partial charge in [-0.15, -0.1) is 0 Å². The maximum atomic E-state index is 12.9. The smallest absolute Gasteiger partial charge is 0.227 e. The number of nitrogens with one attached hydrogen (secondary N) is 2. The lowest BCUT2D eigenvalue weighted by Gasteiger charge is -2.37. The first-order valence-corrected chi connectivity index (χ1v) is 8.98. The number of amides is 1. The minimum atomic E-state index is -0.117. The van der Waals surface area contributed by atoms with Crippen LogP contribution in [-0.4, -0.2) is 63.3 Å². The molecule has 0 aromatic carbocycles. The molecule has 0 aromatic heterocycles. The number of nitrogens with zero attached hydrogens (tertiary/aromatic N) is 1. The van der Waals surface area contributed by atoms with Crippen LogP contribution in [0.3, 0.4) is 0 Å². The van der Waals surface area contributed by atoms with E-state index in [1.54, 1.807) is 7.11 Å². The summed E-state index contributed by atoms with van der Waals surface area (Å²) in [6, 6.07) is 0.493. The second-order valence-electron chi connectivity index (χ2n) is 7.26. The minimum Gasteiger partial charge on any atom is -0.383 e. The maximum Gasteiger partial charge on any atom is 0.227 e. The van der Waals surface area contributed by atoms with Crippen molar-refractivity contribution in [3.63, 3.8) is 0 Å². The molecule has 2 heterocycles. The molecule has 0 bridgehead atoms. The molecule has 5 heteroatoms. The predicted octanol–water partition coefficient (Wildman–Crippen LogP) is 0.993. The van der Waals surface area contributed by atoms with Gasteiger partial charge in [-0.05, 0) is 44.7 Å². The molecular formula is C17H31N3O2. The number of fused-ring (bicyclic) bond motifs is 1. The second kappa shape index (κ2) is 7.28. The van der Waals surface area contributed by atoms with Gasteiger partial charge in [0.2, 0.25) is 5.91 Å². The van der Waals surface area contributed by atoms with Crippen LogP contribution in [-0.2, 0) is 9.53 Å². The zero-order chi connectivity index (χ0) is 15.4. The van der Waals surface area contributed by atoms with E-state index >= 15 is 0 Å². The van der Waals surface area contributed by atoms with Crippen LogP contribution in [0.25, 0.3) is 0 Å². The third kappa shape index (κ3) is 3.17. The molecule has 0 radical (unpaired) electrons. The molecule has 126 valence electrons. The third-order valence-electron chi connectivity index (χ3n) is 6.07. The van der Waals surface area contributed by atoms with Gasteiger partial charge >= 0.3 is 0 Å². The number of ether oxygens (including phenoxy) is 1. The van der Waals surface area contributed by atoms with E-state index in [1.165, 1.54) is 32.1 Å². The molecule has 3 aliphatic rings. The van der Waals surface area contributed by atoms with Crippen molar-refractivity contribution in [3.8, 4) is 0 Å². The molecule has 2 N–H and O–H groups in total. The van der Waals surface area contributed by atoms with Gasteiger partial charge in [0.1, 0.15) is 0 Å². The summed E-state index contributed by atoms with van der Waals surface area (Å²) in [4.78, 5) is 15.3. The lowest BCUT2D eigenvalue weighted by Crippen LogP contribution is -2.51. The molecule has 3 rings (SSSR count). The van der Waals surface area contributed by atoms with Crippen molar-refractivity contribution < 1.29 is 9.53 Å². The molecule has 2 saturated heterocycles. The van der Waals surface area contributed by atoms with Crippen LogP contribution in [0, 0.1) is 11.3 Å². The number of hydrogen-bond donors (Lipinski definition) is 2. The molecule has 3 atom stereocenters. The quantitative estimate of drug-likeness (QED) is 0.768. The summed E-state index contributed by atoms with van der Waals surface area (Å²) in [7, 11) is 1.75. The Kier molecular flexibility index (Phi) is 5.37. The number of carbonyl (C=O) groups is 1. The number of hydrogen-bond acceptors (Lipinski definition) is 4. The van der Waals surface area contributed by atoms with Crippen LogP contribution < -0.4 is 10.6 Å². The first-order valence-electron chi connectivity index (χ1n) is 8.98. The van der Waals surface area contributed by atoms with E-state index in [0.29, 0.717) is 17.9 Å². The van der Waals surface area contributed by atoms with Crippen LogP contribution >= 0.6 is 0 Å². The number of carbonyl (C=O) groups excluding carboxylic acids is 1. The fourth-order valence-corrected chi connectivity index (χ4v) is 4.71. The van der Waals surface area contributed by atoms with Crippen LogP contribution in [0.1, 0.15) is 38.5 Å². The van der Waals surface area contributed by atoms with Crippen LogP contribution in [0.5, 0.6) is 0 Å². The van der Waals surface area contributed by atoms with Crippen LogP contribution in [0.4, 0.5) is 0 Å². The Morgan fingerprint density at radius 1 is 1.36 bits per heavy atom. The van der Waals surface area contributed by atoms with Gasteiger partial charge in [0, 0.05) is 32.8 Å². The highest BCUT2D eigenvalue weighted by Crippen LogP contribution is 2.43. The molecule has 1 saturated carbocycles.